The zero-order valence-electron chi connectivity index (χ0n) is 16.5. The van der Waals surface area contributed by atoms with Crippen molar-refractivity contribution < 1.29 is 28.9 Å². The molecule has 7 nitrogen and oxygen atoms in total. The number of benzene rings is 2. The first kappa shape index (κ1) is 23.1. The first-order valence-electron chi connectivity index (χ1n) is 9.76. The number of aliphatic carboxylic acids is 2. The predicted molar refractivity (Wildman–Crippen MR) is 112 cm³/mol. The van der Waals surface area contributed by atoms with Crippen molar-refractivity contribution in [3.05, 3.63) is 48.0 Å². The van der Waals surface area contributed by atoms with Crippen LogP contribution in [0.4, 0.5) is 0 Å². The molecule has 0 saturated carbocycles. The van der Waals surface area contributed by atoms with E-state index in [0.717, 1.165) is 12.8 Å². The third kappa shape index (κ3) is 7.61. The lowest BCUT2D eigenvalue weighted by Gasteiger charge is -2.22. The normalized spacial score (nSPS) is 14.4. The molecule has 29 heavy (non-hydrogen) atoms. The number of nitrogens with one attached hydrogen (secondary N) is 1. The van der Waals surface area contributed by atoms with Gasteiger partial charge in [-0.2, -0.15) is 0 Å². The van der Waals surface area contributed by atoms with Crippen molar-refractivity contribution in [2.75, 3.05) is 12.8 Å². The lowest BCUT2D eigenvalue weighted by atomic mass is 10.0. The molecular formula is C21H28NO6P. The molecule has 0 fully saturated rings. The monoisotopic (exact) mass is 421 g/mol. The Hall–Kier alpha value is -2.21. The number of unbranched alkanes of at least 4 members (excludes halogenated alkanes) is 1. The van der Waals surface area contributed by atoms with Gasteiger partial charge in [0.25, 0.3) is 7.52 Å². The zero-order chi connectivity index (χ0) is 21.3. The molecular weight excluding hydrogens is 393 g/mol. The summed E-state index contributed by atoms with van der Waals surface area (Å²) < 4.78 is 18.3. The van der Waals surface area contributed by atoms with E-state index in [1.54, 1.807) is 6.92 Å². The van der Waals surface area contributed by atoms with Crippen LogP contribution in [0.3, 0.4) is 0 Å². The Kier molecular flexibility index (Phi) is 8.83. The van der Waals surface area contributed by atoms with E-state index in [1.807, 2.05) is 12.1 Å². The standard InChI is InChI=1S/C21H28NO6P/c1-2-29(27,22-19(21(25)26)12-13-20(23)24)28-14-6-5-7-16-10-11-17-8-3-4-9-18(17)15-16/h3-4,8-11,15,19H,2,5-7,12-14H2,1H3,(H,22,27)(H,23,24)(H,25,26). The fourth-order valence-corrected chi connectivity index (χ4v) is 4.58. The van der Waals surface area contributed by atoms with Crippen LogP contribution in [-0.2, 0) is 25.1 Å². The Morgan fingerprint density at radius 1 is 1.10 bits per heavy atom. The van der Waals surface area contributed by atoms with Crippen LogP contribution >= 0.6 is 7.52 Å². The van der Waals surface area contributed by atoms with Gasteiger partial charge in [-0.15, -0.1) is 0 Å². The van der Waals surface area contributed by atoms with Gasteiger partial charge in [-0.05, 0) is 42.0 Å². The van der Waals surface area contributed by atoms with Crippen molar-refractivity contribution in [2.24, 2.45) is 0 Å². The third-order valence-electron chi connectivity index (χ3n) is 4.69. The first-order valence-corrected chi connectivity index (χ1v) is 11.6. The summed E-state index contributed by atoms with van der Waals surface area (Å²) in [5.74, 6) is -2.33. The van der Waals surface area contributed by atoms with E-state index < -0.39 is 25.5 Å². The minimum Gasteiger partial charge on any atom is -0.481 e. The average molecular weight is 421 g/mol. The lowest BCUT2D eigenvalue weighted by molar-refractivity contribution is -0.140. The maximum atomic E-state index is 12.8. The van der Waals surface area contributed by atoms with Crippen LogP contribution in [0.5, 0.6) is 0 Å². The van der Waals surface area contributed by atoms with Gasteiger partial charge >= 0.3 is 11.9 Å². The quantitative estimate of drug-likeness (QED) is 0.326. The highest BCUT2D eigenvalue weighted by Gasteiger charge is 2.29. The van der Waals surface area contributed by atoms with Crippen LogP contribution in [-0.4, -0.2) is 41.0 Å². The number of aryl methyl sites for hydroxylation is 1. The second kappa shape index (κ2) is 11.1. The Morgan fingerprint density at radius 3 is 2.48 bits per heavy atom. The molecule has 2 aromatic rings. The second-order valence-corrected chi connectivity index (χ2v) is 9.41. The molecule has 0 aromatic heterocycles. The Bertz CT molecular complexity index is 884. The first-order chi connectivity index (χ1) is 13.8. The topological polar surface area (TPSA) is 113 Å². The van der Waals surface area contributed by atoms with Gasteiger partial charge in [-0.1, -0.05) is 49.4 Å². The molecule has 0 spiro atoms. The molecule has 2 aromatic carbocycles. The summed E-state index contributed by atoms with van der Waals surface area (Å²) in [7, 11) is -3.34. The summed E-state index contributed by atoms with van der Waals surface area (Å²) in [6, 6.07) is 13.3. The van der Waals surface area contributed by atoms with Crippen LogP contribution < -0.4 is 5.09 Å². The van der Waals surface area contributed by atoms with E-state index in [4.69, 9.17) is 9.63 Å². The SMILES string of the molecule is CCP(=O)(NC(CCC(=O)O)C(=O)O)OCCCCc1ccc2ccccc2c1. The number of rotatable bonds is 13. The molecule has 0 saturated heterocycles. The molecule has 0 aliphatic heterocycles. The van der Waals surface area contributed by atoms with Gasteiger partial charge in [0, 0.05) is 12.6 Å². The van der Waals surface area contributed by atoms with Gasteiger partial charge < -0.3 is 14.7 Å². The van der Waals surface area contributed by atoms with Gasteiger partial charge in [0.15, 0.2) is 0 Å². The highest BCUT2D eigenvalue weighted by molar-refractivity contribution is 7.56. The maximum Gasteiger partial charge on any atom is 0.321 e. The van der Waals surface area contributed by atoms with Gasteiger partial charge in [0.2, 0.25) is 0 Å². The number of carboxylic acids is 2. The van der Waals surface area contributed by atoms with Crippen LogP contribution in [0.15, 0.2) is 42.5 Å². The highest BCUT2D eigenvalue weighted by Crippen LogP contribution is 2.43. The van der Waals surface area contributed by atoms with Crippen molar-refractivity contribution >= 4 is 30.2 Å². The van der Waals surface area contributed by atoms with Gasteiger partial charge in [0.05, 0.1) is 6.61 Å². The van der Waals surface area contributed by atoms with E-state index in [1.165, 1.54) is 16.3 Å². The number of carboxylic acid groups (broad SMARTS) is 2. The number of hydrogen-bond acceptors (Lipinski definition) is 4. The number of fused-ring (bicyclic) bond motifs is 1. The molecule has 158 valence electrons. The molecule has 0 heterocycles. The van der Waals surface area contributed by atoms with E-state index in [2.05, 4.69) is 35.4 Å². The zero-order valence-corrected chi connectivity index (χ0v) is 17.4. The lowest BCUT2D eigenvalue weighted by Crippen LogP contribution is -2.36. The molecule has 2 rings (SSSR count). The van der Waals surface area contributed by atoms with Crippen molar-refractivity contribution in [1.29, 1.82) is 0 Å². The van der Waals surface area contributed by atoms with E-state index in [0.29, 0.717) is 6.42 Å². The van der Waals surface area contributed by atoms with Crippen molar-refractivity contribution in [2.45, 2.75) is 45.1 Å². The molecule has 3 N–H and O–H groups in total. The summed E-state index contributed by atoms with van der Waals surface area (Å²) in [4.78, 5) is 22.0. The molecule has 8 heteroatoms. The average Bonchev–Trinajstić information content (AvgIpc) is 2.70. The summed E-state index contributed by atoms with van der Waals surface area (Å²) in [6.45, 7) is 1.90. The molecule has 0 bridgehead atoms. The van der Waals surface area contributed by atoms with E-state index in [-0.39, 0.29) is 25.6 Å². The molecule has 0 amide bonds. The largest absolute Gasteiger partial charge is 0.481 e. The second-order valence-electron chi connectivity index (χ2n) is 6.91. The molecule has 2 unspecified atom stereocenters. The van der Waals surface area contributed by atoms with Crippen molar-refractivity contribution in [3.63, 3.8) is 0 Å². The molecule has 0 aliphatic rings. The maximum absolute atomic E-state index is 12.8. The predicted octanol–water partition coefficient (Wildman–Crippen LogP) is 4.30. The number of carbonyl (C=O) groups is 2. The fraction of sp³-hybridized carbons (Fsp3) is 0.429. The fourth-order valence-electron chi connectivity index (χ4n) is 3.01. The minimum atomic E-state index is -3.34. The van der Waals surface area contributed by atoms with E-state index >= 15 is 0 Å². The van der Waals surface area contributed by atoms with Crippen LogP contribution in [0.25, 0.3) is 10.8 Å². The van der Waals surface area contributed by atoms with Gasteiger partial charge in [0.1, 0.15) is 6.04 Å². The molecule has 2 atom stereocenters. The summed E-state index contributed by atoms with van der Waals surface area (Å²) in [6.07, 6.45) is 2.07. The van der Waals surface area contributed by atoms with E-state index in [9.17, 15) is 19.3 Å². The van der Waals surface area contributed by atoms with Crippen LogP contribution in [0, 0.1) is 0 Å². The smallest absolute Gasteiger partial charge is 0.321 e. The molecule has 0 aliphatic carbocycles. The van der Waals surface area contributed by atoms with Gasteiger partial charge in [-0.3, -0.25) is 14.2 Å². The Labute approximate surface area is 170 Å². The Balaban J connectivity index is 1.80. The summed E-state index contributed by atoms with van der Waals surface area (Å²) in [5.41, 5.74) is 1.22. The third-order valence-corrected chi connectivity index (χ3v) is 6.82. The summed E-state index contributed by atoms with van der Waals surface area (Å²) in [5, 5.41) is 22.9. The minimum absolute atomic E-state index is 0.133. The van der Waals surface area contributed by atoms with Crippen LogP contribution in [0.2, 0.25) is 0 Å². The Morgan fingerprint density at radius 2 is 1.83 bits per heavy atom. The highest BCUT2D eigenvalue weighted by atomic mass is 31.2. The number of hydrogen-bond donors (Lipinski definition) is 3. The summed E-state index contributed by atoms with van der Waals surface area (Å²) >= 11 is 0. The van der Waals surface area contributed by atoms with Crippen molar-refractivity contribution in [1.82, 2.24) is 5.09 Å². The van der Waals surface area contributed by atoms with Crippen LogP contribution in [0.1, 0.15) is 38.2 Å². The van der Waals surface area contributed by atoms with Gasteiger partial charge in [-0.25, -0.2) is 5.09 Å². The van der Waals surface area contributed by atoms with Crippen molar-refractivity contribution in [3.8, 4) is 0 Å². The molecule has 0 radical (unpaired) electrons.